The van der Waals surface area contributed by atoms with Gasteiger partial charge in [-0.2, -0.15) is 0 Å². The Hall–Kier alpha value is -0.380. The van der Waals surface area contributed by atoms with Crippen LogP contribution in [0.3, 0.4) is 0 Å². The second-order valence-electron chi connectivity index (χ2n) is 2.13. The molecule has 0 saturated heterocycles. The van der Waals surface area contributed by atoms with E-state index in [1.165, 1.54) is 14.2 Å². The number of ether oxygens (including phenoxy) is 2. The molecule has 0 aliphatic heterocycles. The van der Waals surface area contributed by atoms with E-state index in [-0.39, 0.29) is 0 Å². The van der Waals surface area contributed by atoms with Crippen molar-refractivity contribution in [1.29, 1.82) is 0 Å². The SMILES string of the molecule is C=C(C)C(O)C(OC)OC. The maximum absolute atomic E-state index is 9.24. The van der Waals surface area contributed by atoms with Crippen LogP contribution in [0.2, 0.25) is 0 Å². The van der Waals surface area contributed by atoms with Crippen LogP contribution in [0.4, 0.5) is 0 Å². The quantitative estimate of drug-likeness (QED) is 0.465. The highest BCUT2D eigenvalue weighted by Gasteiger charge is 2.17. The molecule has 0 aromatic heterocycles. The topological polar surface area (TPSA) is 38.7 Å². The number of hydrogen-bond acceptors (Lipinski definition) is 3. The van der Waals surface area contributed by atoms with Crippen molar-refractivity contribution in [2.75, 3.05) is 14.2 Å². The number of hydrogen-bond donors (Lipinski definition) is 1. The molecule has 3 heteroatoms. The highest BCUT2D eigenvalue weighted by atomic mass is 16.7. The van der Waals surface area contributed by atoms with Crippen molar-refractivity contribution in [1.82, 2.24) is 0 Å². The van der Waals surface area contributed by atoms with E-state index in [4.69, 9.17) is 9.47 Å². The van der Waals surface area contributed by atoms with E-state index in [2.05, 4.69) is 6.58 Å². The minimum Gasteiger partial charge on any atom is -0.383 e. The predicted octanol–water partition coefficient (Wildman–Crippen LogP) is 0.542. The van der Waals surface area contributed by atoms with E-state index in [9.17, 15) is 5.11 Å². The maximum atomic E-state index is 9.24. The summed E-state index contributed by atoms with van der Waals surface area (Å²) < 4.78 is 9.58. The van der Waals surface area contributed by atoms with Crippen LogP contribution >= 0.6 is 0 Å². The minimum atomic E-state index is -0.741. The predicted molar refractivity (Wildman–Crippen MR) is 38.6 cm³/mol. The third kappa shape index (κ3) is 2.47. The van der Waals surface area contributed by atoms with E-state index in [0.717, 1.165) is 0 Å². The normalized spacial score (nSPS) is 13.7. The van der Waals surface area contributed by atoms with E-state index in [1.807, 2.05) is 0 Å². The Kier molecular flexibility index (Phi) is 4.27. The molecule has 0 bridgehead atoms. The lowest BCUT2D eigenvalue weighted by atomic mass is 10.2. The van der Waals surface area contributed by atoms with Gasteiger partial charge in [0.2, 0.25) is 0 Å². The van der Waals surface area contributed by atoms with Crippen LogP contribution in [-0.2, 0) is 9.47 Å². The van der Waals surface area contributed by atoms with Gasteiger partial charge < -0.3 is 14.6 Å². The number of rotatable bonds is 4. The summed E-state index contributed by atoms with van der Waals surface area (Å²) in [6.07, 6.45) is -1.34. The van der Waals surface area contributed by atoms with Crippen molar-refractivity contribution in [2.45, 2.75) is 19.3 Å². The molecule has 0 aromatic carbocycles. The zero-order valence-corrected chi connectivity index (χ0v) is 6.63. The van der Waals surface area contributed by atoms with Crippen LogP contribution in [0.15, 0.2) is 12.2 Å². The van der Waals surface area contributed by atoms with Crippen LogP contribution in [0.25, 0.3) is 0 Å². The van der Waals surface area contributed by atoms with E-state index in [0.29, 0.717) is 5.57 Å². The van der Waals surface area contributed by atoms with Gasteiger partial charge in [-0.1, -0.05) is 6.58 Å². The van der Waals surface area contributed by atoms with Gasteiger partial charge in [0.25, 0.3) is 0 Å². The fourth-order valence-electron chi connectivity index (χ4n) is 0.586. The largest absolute Gasteiger partial charge is 0.383 e. The Labute approximate surface area is 61.3 Å². The molecule has 0 amide bonds. The third-order valence-corrected chi connectivity index (χ3v) is 1.23. The van der Waals surface area contributed by atoms with Crippen LogP contribution in [0, 0.1) is 0 Å². The van der Waals surface area contributed by atoms with Crippen molar-refractivity contribution < 1.29 is 14.6 Å². The molecule has 10 heavy (non-hydrogen) atoms. The Morgan fingerprint density at radius 2 is 1.80 bits per heavy atom. The van der Waals surface area contributed by atoms with Crippen molar-refractivity contribution in [3.05, 3.63) is 12.2 Å². The second kappa shape index (κ2) is 4.44. The van der Waals surface area contributed by atoms with Gasteiger partial charge in [0.1, 0.15) is 6.10 Å². The molecule has 0 heterocycles. The molecule has 0 spiro atoms. The summed E-state index contributed by atoms with van der Waals surface area (Å²) in [7, 11) is 2.95. The standard InChI is InChI=1S/C7H14O3/c1-5(2)6(8)7(9-3)10-4/h6-8H,1H2,2-4H3. The highest BCUT2D eigenvalue weighted by Crippen LogP contribution is 2.06. The highest BCUT2D eigenvalue weighted by molar-refractivity contribution is 4.98. The van der Waals surface area contributed by atoms with Gasteiger partial charge in [0, 0.05) is 14.2 Å². The third-order valence-electron chi connectivity index (χ3n) is 1.23. The average Bonchev–Trinajstić information content (AvgIpc) is 1.90. The van der Waals surface area contributed by atoms with Gasteiger partial charge in [-0.25, -0.2) is 0 Å². The van der Waals surface area contributed by atoms with Gasteiger partial charge >= 0.3 is 0 Å². The lowest BCUT2D eigenvalue weighted by Crippen LogP contribution is -2.30. The molecule has 1 unspecified atom stereocenters. The van der Waals surface area contributed by atoms with Crippen LogP contribution in [0.5, 0.6) is 0 Å². The van der Waals surface area contributed by atoms with Gasteiger partial charge in [-0.15, -0.1) is 0 Å². The Morgan fingerprint density at radius 1 is 1.40 bits per heavy atom. The molecule has 3 nitrogen and oxygen atoms in total. The molecule has 0 fully saturated rings. The smallest absolute Gasteiger partial charge is 0.186 e. The average molecular weight is 146 g/mol. The van der Waals surface area contributed by atoms with Gasteiger partial charge in [-0.3, -0.25) is 0 Å². The first kappa shape index (κ1) is 9.62. The van der Waals surface area contributed by atoms with Gasteiger partial charge in [-0.05, 0) is 12.5 Å². The zero-order chi connectivity index (χ0) is 8.15. The summed E-state index contributed by atoms with van der Waals surface area (Å²) >= 11 is 0. The number of methoxy groups -OCH3 is 2. The first-order valence-corrected chi connectivity index (χ1v) is 3.02. The molecule has 0 aliphatic carbocycles. The van der Waals surface area contributed by atoms with Crippen molar-refractivity contribution in [3.63, 3.8) is 0 Å². The monoisotopic (exact) mass is 146 g/mol. The fraction of sp³-hybridized carbons (Fsp3) is 0.714. The minimum absolute atomic E-state index is 0.600. The molecule has 60 valence electrons. The molecular formula is C7H14O3. The van der Waals surface area contributed by atoms with Crippen LogP contribution in [0.1, 0.15) is 6.92 Å². The summed E-state index contributed by atoms with van der Waals surface area (Å²) in [5, 5.41) is 9.24. The lowest BCUT2D eigenvalue weighted by Gasteiger charge is -2.19. The molecule has 1 N–H and O–H groups in total. The molecule has 0 aromatic rings. The second-order valence-corrected chi connectivity index (χ2v) is 2.13. The Bertz CT molecular complexity index is 107. The van der Waals surface area contributed by atoms with Crippen molar-refractivity contribution >= 4 is 0 Å². The van der Waals surface area contributed by atoms with Gasteiger partial charge in [0.15, 0.2) is 6.29 Å². The van der Waals surface area contributed by atoms with Crippen molar-refractivity contribution in [2.24, 2.45) is 0 Å². The van der Waals surface area contributed by atoms with E-state index in [1.54, 1.807) is 6.92 Å². The molecule has 0 saturated carbocycles. The first-order valence-electron chi connectivity index (χ1n) is 3.02. The summed E-state index contributed by atoms with van der Waals surface area (Å²) in [5.41, 5.74) is 0.633. The Balaban J connectivity index is 3.88. The summed E-state index contributed by atoms with van der Waals surface area (Å²) in [6, 6.07) is 0. The van der Waals surface area contributed by atoms with Crippen LogP contribution < -0.4 is 0 Å². The van der Waals surface area contributed by atoms with Crippen LogP contribution in [-0.4, -0.2) is 31.7 Å². The molecule has 1 atom stereocenters. The molecule has 0 radical (unpaired) electrons. The van der Waals surface area contributed by atoms with Crippen molar-refractivity contribution in [3.8, 4) is 0 Å². The summed E-state index contributed by atoms with van der Waals surface area (Å²) in [6.45, 7) is 5.28. The molecule has 0 rings (SSSR count). The summed E-state index contributed by atoms with van der Waals surface area (Å²) in [5.74, 6) is 0. The number of aliphatic hydroxyl groups excluding tert-OH is 1. The molecular weight excluding hydrogens is 132 g/mol. The summed E-state index contributed by atoms with van der Waals surface area (Å²) in [4.78, 5) is 0. The lowest BCUT2D eigenvalue weighted by molar-refractivity contribution is -0.152. The van der Waals surface area contributed by atoms with E-state index < -0.39 is 12.4 Å². The fourth-order valence-corrected chi connectivity index (χ4v) is 0.586. The maximum Gasteiger partial charge on any atom is 0.186 e. The van der Waals surface area contributed by atoms with E-state index >= 15 is 0 Å². The Morgan fingerprint density at radius 3 is 1.90 bits per heavy atom. The zero-order valence-electron chi connectivity index (χ0n) is 6.63. The number of aliphatic hydroxyl groups is 1. The first-order chi connectivity index (χ1) is 4.63. The van der Waals surface area contributed by atoms with Gasteiger partial charge in [0.05, 0.1) is 0 Å². The molecule has 0 aliphatic rings.